The summed E-state index contributed by atoms with van der Waals surface area (Å²) in [4.78, 5) is 13.4. The fraction of sp³-hybridized carbons (Fsp3) is 0.917. The van der Waals surface area contributed by atoms with Crippen LogP contribution in [0, 0.1) is 5.92 Å². The molecule has 94 valence electrons. The van der Waals surface area contributed by atoms with E-state index in [1.165, 1.54) is 4.90 Å². The highest BCUT2D eigenvalue weighted by Crippen LogP contribution is 2.29. The molecule has 0 aromatic carbocycles. The molecule has 0 bridgehead atoms. The Morgan fingerprint density at radius 1 is 1.38 bits per heavy atom. The molecular formula is C12H23NO3. The number of carbonyl (C=O) groups excluding carboxylic acids is 1. The molecule has 1 N–H and O–H groups in total. The van der Waals surface area contributed by atoms with Crippen LogP contribution in [0.15, 0.2) is 0 Å². The molecule has 1 saturated heterocycles. The highest BCUT2D eigenvalue weighted by molar-refractivity contribution is 5.69. The van der Waals surface area contributed by atoms with Gasteiger partial charge in [0.2, 0.25) is 0 Å². The molecule has 1 unspecified atom stereocenters. The average molecular weight is 229 g/mol. The summed E-state index contributed by atoms with van der Waals surface area (Å²) >= 11 is 0. The van der Waals surface area contributed by atoms with Crippen molar-refractivity contribution in [3.05, 3.63) is 0 Å². The second kappa shape index (κ2) is 4.62. The Labute approximate surface area is 97.6 Å². The van der Waals surface area contributed by atoms with Crippen LogP contribution in [-0.2, 0) is 4.74 Å². The average Bonchev–Trinajstić information content (AvgIpc) is 2.43. The van der Waals surface area contributed by atoms with Gasteiger partial charge in [0.25, 0.3) is 0 Å². The first kappa shape index (κ1) is 13.3. The Hall–Kier alpha value is -0.770. The number of amides is 1. The van der Waals surface area contributed by atoms with Crippen molar-refractivity contribution in [1.29, 1.82) is 0 Å². The second-order valence-corrected chi connectivity index (χ2v) is 5.76. The SMILES string of the molecule is CC(C)[C@H]1CCC(O)N1C(=O)OC(C)(C)C. The molecule has 4 nitrogen and oxygen atoms in total. The van der Waals surface area contributed by atoms with Crippen LogP contribution < -0.4 is 0 Å². The van der Waals surface area contributed by atoms with Gasteiger partial charge in [-0.05, 0) is 39.5 Å². The first-order valence-electron chi connectivity index (χ1n) is 5.92. The van der Waals surface area contributed by atoms with E-state index in [9.17, 15) is 9.90 Å². The number of nitrogens with zero attached hydrogens (tertiary/aromatic N) is 1. The van der Waals surface area contributed by atoms with Gasteiger partial charge in [0.15, 0.2) is 0 Å². The van der Waals surface area contributed by atoms with Crippen molar-refractivity contribution < 1.29 is 14.6 Å². The smallest absolute Gasteiger partial charge is 0.412 e. The molecule has 0 spiro atoms. The Morgan fingerprint density at radius 3 is 2.38 bits per heavy atom. The van der Waals surface area contributed by atoms with E-state index in [4.69, 9.17) is 4.74 Å². The lowest BCUT2D eigenvalue weighted by molar-refractivity contribution is -0.0293. The van der Waals surface area contributed by atoms with Gasteiger partial charge in [-0.25, -0.2) is 4.79 Å². The minimum Gasteiger partial charge on any atom is -0.444 e. The molecule has 0 radical (unpaired) electrons. The summed E-state index contributed by atoms with van der Waals surface area (Å²) in [6.45, 7) is 9.60. The highest BCUT2D eigenvalue weighted by atomic mass is 16.6. The van der Waals surface area contributed by atoms with Gasteiger partial charge in [0, 0.05) is 6.04 Å². The van der Waals surface area contributed by atoms with Crippen molar-refractivity contribution in [1.82, 2.24) is 4.90 Å². The van der Waals surface area contributed by atoms with Crippen LogP contribution in [-0.4, -0.2) is 34.0 Å². The lowest BCUT2D eigenvalue weighted by Crippen LogP contribution is -2.46. The third-order valence-corrected chi connectivity index (χ3v) is 2.77. The van der Waals surface area contributed by atoms with Gasteiger partial charge in [0.1, 0.15) is 11.8 Å². The standard InChI is InChI=1S/C12H23NO3/c1-8(2)9-6-7-10(14)13(9)11(15)16-12(3,4)5/h8-10,14H,6-7H2,1-5H3/t9-,10?/m1/s1. The number of hydrogen-bond donors (Lipinski definition) is 1. The maximum atomic E-state index is 11.9. The van der Waals surface area contributed by atoms with Crippen LogP contribution in [0.1, 0.15) is 47.5 Å². The van der Waals surface area contributed by atoms with Crippen molar-refractivity contribution in [2.75, 3.05) is 0 Å². The van der Waals surface area contributed by atoms with Crippen LogP contribution >= 0.6 is 0 Å². The molecule has 1 aliphatic rings. The van der Waals surface area contributed by atoms with Crippen LogP contribution in [0.4, 0.5) is 4.79 Å². The van der Waals surface area contributed by atoms with E-state index in [0.29, 0.717) is 12.3 Å². The van der Waals surface area contributed by atoms with Gasteiger partial charge in [-0.3, -0.25) is 4.90 Å². The molecule has 1 fully saturated rings. The molecule has 0 aromatic rings. The molecule has 16 heavy (non-hydrogen) atoms. The summed E-state index contributed by atoms with van der Waals surface area (Å²) in [5.74, 6) is 0.338. The zero-order valence-electron chi connectivity index (χ0n) is 10.9. The zero-order valence-corrected chi connectivity index (χ0v) is 10.9. The summed E-state index contributed by atoms with van der Waals surface area (Å²) in [5, 5.41) is 9.80. The Kier molecular flexibility index (Phi) is 3.84. The number of hydrogen-bond acceptors (Lipinski definition) is 3. The van der Waals surface area contributed by atoms with Gasteiger partial charge < -0.3 is 9.84 Å². The minimum absolute atomic E-state index is 0.0878. The van der Waals surface area contributed by atoms with Gasteiger partial charge in [-0.1, -0.05) is 13.8 Å². The molecule has 0 aliphatic carbocycles. The van der Waals surface area contributed by atoms with Gasteiger partial charge in [0.05, 0.1) is 0 Å². The highest BCUT2D eigenvalue weighted by Gasteiger charge is 2.39. The summed E-state index contributed by atoms with van der Waals surface area (Å²) in [6, 6.07) is 0.0878. The van der Waals surface area contributed by atoms with Crippen LogP contribution in [0.2, 0.25) is 0 Å². The Balaban J connectivity index is 2.72. The van der Waals surface area contributed by atoms with Crippen molar-refractivity contribution in [3.63, 3.8) is 0 Å². The maximum absolute atomic E-state index is 11.9. The van der Waals surface area contributed by atoms with Gasteiger partial charge >= 0.3 is 6.09 Å². The molecule has 0 aromatic heterocycles. The van der Waals surface area contributed by atoms with E-state index >= 15 is 0 Å². The molecule has 1 amide bonds. The number of rotatable bonds is 1. The maximum Gasteiger partial charge on any atom is 0.412 e. The summed E-state index contributed by atoms with van der Waals surface area (Å²) < 4.78 is 5.30. The van der Waals surface area contributed by atoms with Crippen molar-refractivity contribution in [2.45, 2.75) is 65.3 Å². The molecule has 0 saturated carbocycles. The Morgan fingerprint density at radius 2 is 1.94 bits per heavy atom. The third-order valence-electron chi connectivity index (χ3n) is 2.77. The van der Waals surface area contributed by atoms with E-state index in [2.05, 4.69) is 13.8 Å². The van der Waals surface area contributed by atoms with Crippen molar-refractivity contribution in [3.8, 4) is 0 Å². The monoisotopic (exact) mass is 229 g/mol. The summed E-state index contributed by atoms with van der Waals surface area (Å²) in [7, 11) is 0. The molecule has 1 heterocycles. The summed E-state index contributed by atoms with van der Waals surface area (Å²) in [5.41, 5.74) is -0.513. The lowest BCUT2D eigenvalue weighted by Gasteiger charge is -2.32. The summed E-state index contributed by atoms with van der Waals surface area (Å²) in [6.07, 6.45) is 0.388. The lowest BCUT2D eigenvalue weighted by atomic mass is 10.0. The molecule has 1 rings (SSSR count). The second-order valence-electron chi connectivity index (χ2n) is 5.76. The number of aliphatic hydroxyl groups excluding tert-OH is 1. The van der Waals surface area contributed by atoms with Crippen molar-refractivity contribution >= 4 is 6.09 Å². The van der Waals surface area contributed by atoms with E-state index in [-0.39, 0.29) is 6.04 Å². The fourth-order valence-electron chi connectivity index (χ4n) is 2.05. The molecular weight excluding hydrogens is 206 g/mol. The number of likely N-dealkylation sites (tertiary alicyclic amines) is 1. The number of carbonyl (C=O) groups is 1. The molecule has 1 aliphatic heterocycles. The predicted octanol–water partition coefficient (Wildman–Crippen LogP) is 2.36. The van der Waals surface area contributed by atoms with Gasteiger partial charge in [-0.15, -0.1) is 0 Å². The predicted molar refractivity (Wildman–Crippen MR) is 61.9 cm³/mol. The van der Waals surface area contributed by atoms with E-state index < -0.39 is 17.9 Å². The van der Waals surface area contributed by atoms with Crippen LogP contribution in [0.5, 0.6) is 0 Å². The van der Waals surface area contributed by atoms with E-state index in [1.807, 2.05) is 20.8 Å². The first-order chi connectivity index (χ1) is 7.22. The quantitative estimate of drug-likeness (QED) is 0.751. The molecule has 2 atom stereocenters. The zero-order chi connectivity index (χ0) is 12.5. The largest absolute Gasteiger partial charge is 0.444 e. The fourth-order valence-corrected chi connectivity index (χ4v) is 2.05. The topological polar surface area (TPSA) is 49.8 Å². The third kappa shape index (κ3) is 3.11. The van der Waals surface area contributed by atoms with E-state index in [0.717, 1.165) is 6.42 Å². The van der Waals surface area contributed by atoms with Crippen LogP contribution in [0.25, 0.3) is 0 Å². The first-order valence-corrected chi connectivity index (χ1v) is 5.92. The normalized spacial score (nSPS) is 26.3. The van der Waals surface area contributed by atoms with Crippen LogP contribution in [0.3, 0.4) is 0 Å². The number of ether oxygens (including phenoxy) is 1. The van der Waals surface area contributed by atoms with Crippen molar-refractivity contribution in [2.24, 2.45) is 5.92 Å². The van der Waals surface area contributed by atoms with Gasteiger partial charge in [-0.2, -0.15) is 0 Å². The molecule has 4 heteroatoms. The minimum atomic E-state index is -0.692. The van der Waals surface area contributed by atoms with E-state index in [1.54, 1.807) is 0 Å². The number of aliphatic hydroxyl groups is 1. The Bertz CT molecular complexity index is 257.